The normalized spacial score (nSPS) is 19.4. The minimum absolute atomic E-state index is 0.0198. The van der Waals surface area contributed by atoms with E-state index in [1.54, 1.807) is 57.7 Å². The molecule has 8 heteroatoms. The van der Waals surface area contributed by atoms with Gasteiger partial charge in [0.25, 0.3) is 5.91 Å². The minimum Gasteiger partial charge on any atom is -0.493 e. The van der Waals surface area contributed by atoms with Crippen LogP contribution in [0.1, 0.15) is 46.8 Å². The molecule has 1 saturated carbocycles. The van der Waals surface area contributed by atoms with Crippen molar-refractivity contribution in [3.63, 3.8) is 0 Å². The van der Waals surface area contributed by atoms with Gasteiger partial charge in [0.2, 0.25) is 0 Å². The Labute approximate surface area is 233 Å². The molecule has 1 amide bonds. The maximum atomic E-state index is 13.9. The molecule has 5 rings (SSSR count). The highest BCUT2D eigenvalue weighted by Crippen LogP contribution is 2.46. The van der Waals surface area contributed by atoms with Crippen molar-refractivity contribution in [1.82, 2.24) is 5.01 Å². The molecule has 1 aliphatic carbocycles. The second kappa shape index (κ2) is 11.4. The molecule has 0 radical (unpaired) electrons. The maximum Gasteiger partial charge on any atom is 0.274 e. The summed E-state index contributed by atoms with van der Waals surface area (Å²) in [6, 6.07) is 18.3. The van der Waals surface area contributed by atoms with Gasteiger partial charge in [-0.2, -0.15) is 5.10 Å². The first-order valence-electron chi connectivity index (χ1n) is 12.8. The molecule has 2 aliphatic rings. The summed E-state index contributed by atoms with van der Waals surface area (Å²) >= 11 is 6.24. The topological polar surface area (TPSA) is 69.6 Å². The molecule has 1 fully saturated rings. The van der Waals surface area contributed by atoms with Crippen molar-refractivity contribution in [3.05, 3.63) is 87.9 Å². The largest absolute Gasteiger partial charge is 0.493 e. The van der Waals surface area contributed by atoms with Gasteiger partial charge in [0, 0.05) is 16.5 Å². The van der Waals surface area contributed by atoms with Crippen molar-refractivity contribution in [3.8, 4) is 23.0 Å². The van der Waals surface area contributed by atoms with Crippen molar-refractivity contribution < 1.29 is 23.7 Å². The van der Waals surface area contributed by atoms with Gasteiger partial charge in [-0.1, -0.05) is 29.8 Å². The zero-order chi connectivity index (χ0) is 27.5. The highest BCUT2D eigenvalue weighted by Gasteiger charge is 2.44. The number of amides is 1. The van der Waals surface area contributed by atoms with Crippen LogP contribution < -0.4 is 18.9 Å². The van der Waals surface area contributed by atoms with Crippen molar-refractivity contribution >= 4 is 29.3 Å². The lowest BCUT2D eigenvalue weighted by Crippen LogP contribution is -2.32. The number of fused-ring (bicyclic) bond motifs is 1. The van der Waals surface area contributed by atoms with Crippen LogP contribution in [-0.2, 0) is 0 Å². The monoisotopic (exact) mass is 546 g/mol. The van der Waals surface area contributed by atoms with E-state index >= 15 is 0 Å². The predicted octanol–water partition coefficient (Wildman–Crippen LogP) is 6.81. The van der Waals surface area contributed by atoms with Gasteiger partial charge in [-0.05, 0) is 84.5 Å². The number of hydrogen-bond donors (Lipinski definition) is 0. The van der Waals surface area contributed by atoms with Gasteiger partial charge in [-0.25, -0.2) is 5.01 Å². The Bertz CT molecular complexity index is 1450. The van der Waals surface area contributed by atoms with E-state index in [0.29, 0.717) is 33.6 Å². The molecule has 3 aromatic carbocycles. The third-order valence-electron chi connectivity index (χ3n) is 7.28. The number of halogens is 1. The van der Waals surface area contributed by atoms with Crippen LogP contribution in [0.15, 0.2) is 71.3 Å². The zero-order valence-electron chi connectivity index (χ0n) is 22.4. The fraction of sp³-hybridized carbons (Fsp3) is 0.290. The van der Waals surface area contributed by atoms with Crippen LogP contribution in [0.3, 0.4) is 0 Å². The Morgan fingerprint density at radius 2 is 1.59 bits per heavy atom. The summed E-state index contributed by atoms with van der Waals surface area (Å²) in [6.45, 7) is 0. The summed E-state index contributed by atoms with van der Waals surface area (Å²) in [6.07, 6.45) is 4.87. The molecule has 0 aromatic heterocycles. The molecule has 0 bridgehead atoms. The first kappa shape index (κ1) is 26.6. The number of ether oxygens (including phenoxy) is 4. The van der Waals surface area contributed by atoms with Gasteiger partial charge in [-0.3, -0.25) is 4.79 Å². The fourth-order valence-electron chi connectivity index (χ4n) is 5.44. The molecule has 39 heavy (non-hydrogen) atoms. The Balaban J connectivity index is 1.59. The smallest absolute Gasteiger partial charge is 0.274 e. The number of methoxy groups -OCH3 is 4. The van der Waals surface area contributed by atoms with E-state index < -0.39 is 0 Å². The van der Waals surface area contributed by atoms with Crippen LogP contribution >= 0.6 is 11.6 Å². The average Bonchev–Trinajstić information content (AvgIpc) is 3.37. The number of nitrogens with zero attached hydrogens (tertiary/aromatic N) is 2. The van der Waals surface area contributed by atoms with Crippen LogP contribution in [-0.4, -0.2) is 45.1 Å². The Morgan fingerprint density at radius 1 is 0.897 bits per heavy atom. The van der Waals surface area contributed by atoms with Crippen molar-refractivity contribution in [2.45, 2.75) is 25.3 Å². The lowest BCUT2D eigenvalue weighted by molar-refractivity contribution is 0.0680. The molecule has 0 N–H and O–H groups in total. The third kappa shape index (κ3) is 5.19. The van der Waals surface area contributed by atoms with Gasteiger partial charge >= 0.3 is 0 Å². The Kier molecular flexibility index (Phi) is 7.79. The number of hydrogen-bond acceptors (Lipinski definition) is 6. The quantitative estimate of drug-likeness (QED) is 0.325. The number of allylic oxidation sites excluding steroid dienone is 1. The molecular weight excluding hydrogens is 516 g/mol. The molecule has 2 atom stereocenters. The summed E-state index contributed by atoms with van der Waals surface area (Å²) in [5.74, 6) is 2.39. The fourth-order valence-corrected chi connectivity index (χ4v) is 5.63. The van der Waals surface area contributed by atoms with E-state index in [9.17, 15) is 4.79 Å². The van der Waals surface area contributed by atoms with Crippen LogP contribution in [0.5, 0.6) is 23.0 Å². The van der Waals surface area contributed by atoms with E-state index in [-0.39, 0.29) is 17.9 Å². The van der Waals surface area contributed by atoms with Gasteiger partial charge < -0.3 is 18.9 Å². The number of carbonyl (C=O) groups is 1. The maximum absolute atomic E-state index is 13.9. The van der Waals surface area contributed by atoms with Gasteiger partial charge in [0.15, 0.2) is 23.0 Å². The van der Waals surface area contributed by atoms with E-state index in [1.165, 1.54) is 0 Å². The summed E-state index contributed by atoms with van der Waals surface area (Å²) in [5.41, 5.74) is 4.42. The molecule has 0 unspecified atom stereocenters. The summed E-state index contributed by atoms with van der Waals surface area (Å²) < 4.78 is 22.0. The summed E-state index contributed by atoms with van der Waals surface area (Å²) in [7, 11) is 6.46. The predicted molar refractivity (Wildman–Crippen MR) is 152 cm³/mol. The van der Waals surface area contributed by atoms with Gasteiger partial charge in [0.05, 0.1) is 40.2 Å². The van der Waals surface area contributed by atoms with E-state index in [0.717, 1.165) is 41.7 Å². The average molecular weight is 547 g/mol. The minimum atomic E-state index is -0.305. The van der Waals surface area contributed by atoms with E-state index in [2.05, 4.69) is 6.08 Å². The number of hydrazone groups is 1. The van der Waals surface area contributed by atoms with Gasteiger partial charge in [0.1, 0.15) is 0 Å². The summed E-state index contributed by atoms with van der Waals surface area (Å²) in [5, 5.41) is 7.10. The van der Waals surface area contributed by atoms with Crippen LogP contribution in [0, 0.1) is 5.92 Å². The van der Waals surface area contributed by atoms with Crippen LogP contribution in [0.4, 0.5) is 0 Å². The van der Waals surface area contributed by atoms with E-state index in [1.807, 2.05) is 36.4 Å². The molecule has 0 saturated heterocycles. The van der Waals surface area contributed by atoms with Crippen LogP contribution in [0.2, 0.25) is 5.02 Å². The molecule has 7 nitrogen and oxygen atoms in total. The molecule has 0 spiro atoms. The van der Waals surface area contributed by atoms with Crippen LogP contribution in [0.25, 0.3) is 6.08 Å². The lowest BCUT2D eigenvalue weighted by Gasteiger charge is -2.30. The van der Waals surface area contributed by atoms with Crippen molar-refractivity contribution in [2.75, 3.05) is 28.4 Å². The molecule has 1 aliphatic heterocycles. The molecule has 202 valence electrons. The second-order valence-corrected chi connectivity index (χ2v) is 9.92. The highest BCUT2D eigenvalue weighted by molar-refractivity contribution is 6.31. The molecule has 3 aromatic rings. The standard InChI is InChI=1S/C31H31ClN2O5/c1-36-25-13-11-19(16-27(25)38-3)15-20-7-6-10-24-29(20)33-34(31(35)22-8-5-9-23(32)17-22)30(24)21-12-14-26(37-2)28(18-21)39-4/h5,8-9,11-18,24,30H,6-7,10H2,1-4H3/b20-15+/t24-,30+/m0/s1. The van der Waals surface area contributed by atoms with Crippen molar-refractivity contribution in [2.24, 2.45) is 11.0 Å². The lowest BCUT2D eigenvalue weighted by atomic mass is 9.77. The van der Waals surface area contributed by atoms with Gasteiger partial charge in [-0.15, -0.1) is 0 Å². The highest BCUT2D eigenvalue weighted by atomic mass is 35.5. The Hall–Kier alpha value is -3.97. The SMILES string of the molecule is COc1ccc(/C=C2\CCC[C@H]3C2=NN(C(=O)c2cccc(Cl)c2)[C@@H]3c2ccc(OC)c(OC)c2)cc1OC. The Morgan fingerprint density at radius 3 is 2.28 bits per heavy atom. The molecule has 1 heterocycles. The van der Waals surface area contributed by atoms with Crippen molar-refractivity contribution in [1.29, 1.82) is 0 Å². The first-order valence-corrected chi connectivity index (χ1v) is 13.2. The third-order valence-corrected chi connectivity index (χ3v) is 7.51. The molecular formula is C31H31ClN2O5. The number of rotatable bonds is 7. The zero-order valence-corrected chi connectivity index (χ0v) is 23.2. The number of benzene rings is 3. The summed E-state index contributed by atoms with van der Waals surface area (Å²) in [4.78, 5) is 13.9. The second-order valence-electron chi connectivity index (χ2n) is 9.49. The number of carbonyl (C=O) groups excluding carboxylic acids is 1. The first-order chi connectivity index (χ1) is 19.0. The van der Waals surface area contributed by atoms with E-state index in [4.69, 9.17) is 35.6 Å².